The minimum Gasteiger partial charge on any atom is -0.464 e. The normalized spacial score (nSPS) is 9.40. The Bertz CT molecular complexity index is 217. The van der Waals surface area contributed by atoms with Gasteiger partial charge in [0.15, 0.2) is 0 Å². The molecular weight excluding hydrogens is 196 g/mol. The summed E-state index contributed by atoms with van der Waals surface area (Å²) >= 11 is 3.15. The fourth-order valence-electron chi connectivity index (χ4n) is 0.485. The van der Waals surface area contributed by atoms with Crippen molar-refractivity contribution in [2.75, 3.05) is 6.61 Å². The largest absolute Gasteiger partial charge is 0.464 e. The Morgan fingerprint density at radius 3 is 3.20 bits per heavy atom. The number of ether oxygens (including phenoxy) is 1. The first-order valence-corrected chi connectivity index (χ1v) is 3.65. The predicted octanol–water partition coefficient (Wildman–Crippen LogP) is 1.44. The maximum absolute atomic E-state index is 5.01. The van der Waals surface area contributed by atoms with Gasteiger partial charge in [-0.25, -0.2) is 4.98 Å². The van der Waals surface area contributed by atoms with Gasteiger partial charge in [0, 0.05) is 12.3 Å². The molecule has 1 radical (unpaired) electrons. The van der Waals surface area contributed by atoms with Crippen LogP contribution in [0.3, 0.4) is 0 Å². The monoisotopic (exact) mass is 201 g/mol. The number of rotatable bonds is 2. The molecule has 1 rings (SSSR count). The van der Waals surface area contributed by atoms with E-state index in [1.807, 2.05) is 6.92 Å². The van der Waals surface area contributed by atoms with Gasteiger partial charge in [0.2, 0.25) is 0 Å². The molecule has 0 bridgehead atoms. The molecule has 0 fully saturated rings. The quantitative estimate of drug-likeness (QED) is 0.680. The van der Waals surface area contributed by atoms with E-state index in [4.69, 9.17) is 4.74 Å². The Labute approximate surface area is 67.6 Å². The zero-order valence-corrected chi connectivity index (χ0v) is 7.05. The van der Waals surface area contributed by atoms with Gasteiger partial charge < -0.3 is 4.74 Å². The van der Waals surface area contributed by atoms with Crippen LogP contribution in [0.1, 0.15) is 6.92 Å². The molecule has 1 aromatic rings. The number of halogens is 1. The summed E-state index contributed by atoms with van der Waals surface area (Å²) in [6.07, 6.45) is 1.52. The molecule has 1 heterocycles. The molecule has 1 aromatic heterocycles. The topological polar surface area (TPSA) is 35.0 Å². The summed E-state index contributed by atoms with van der Waals surface area (Å²) in [7, 11) is 0. The smallest absolute Gasteiger partial charge is 0.317 e. The zero-order valence-electron chi connectivity index (χ0n) is 5.47. The van der Waals surface area contributed by atoms with Crippen molar-refractivity contribution >= 4 is 15.9 Å². The lowest BCUT2D eigenvalue weighted by atomic mass is 10.7. The van der Waals surface area contributed by atoms with E-state index in [0.717, 1.165) is 0 Å². The van der Waals surface area contributed by atoms with Gasteiger partial charge in [0.25, 0.3) is 0 Å². The number of nitrogens with zero attached hydrogens (tertiary/aromatic N) is 2. The highest BCUT2D eigenvalue weighted by molar-refractivity contribution is 9.10. The van der Waals surface area contributed by atoms with Gasteiger partial charge in [0.1, 0.15) is 4.60 Å². The maximum Gasteiger partial charge on any atom is 0.317 e. The van der Waals surface area contributed by atoms with Crippen LogP contribution in [-0.2, 0) is 0 Å². The third kappa shape index (κ3) is 1.95. The Hall–Kier alpha value is -0.640. The molecule has 0 aromatic carbocycles. The second kappa shape index (κ2) is 3.51. The molecule has 4 heteroatoms. The average molecular weight is 202 g/mol. The van der Waals surface area contributed by atoms with Crippen LogP contribution >= 0.6 is 15.9 Å². The Morgan fingerprint density at radius 2 is 2.60 bits per heavy atom. The van der Waals surface area contributed by atoms with E-state index in [2.05, 4.69) is 32.0 Å². The third-order valence-corrected chi connectivity index (χ3v) is 1.23. The molecule has 0 saturated heterocycles. The second-order valence-corrected chi connectivity index (χ2v) is 2.27. The summed E-state index contributed by atoms with van der Waals surface area (Å²) in [5, 5.41) is 0. The minimum absolute atomic E-state index is 0.383. The van der Waals surface area contributed by atoms with Gasteiger partial charge in [-0.2, -0.15) is 4.98 Å². The Kier molecular flexibility index (Phi) is 2.62. The molecule has 0 atom stereocenters. The fraction of sp³-hybridized carbons (Fsp3) is 0.333. The van der Waals surface area contributed by atoms with Gasteiger partial charge in [-0.15, -0.1) is 0 Å². The lowest BCUT2D eigenvalue weighted by molar-refractivity contribution is 0.311. The molecule has 0 spiro atoms. The van der Waals surface area contributed by atoms with E-state index in [9.17, 15) is 0 Å². The number of hydrogen-bond acceptors (Lipinski definition) is 3. The highest BCUT2D eigenvalue weighted by atomic mass is 79.9. The molecule has 0 aliphatic carbocycles. The summed E-state index contributed by atoms with van der Waals surface area (Å²) in [6, 6.07) is 3.13. The van der Waals surface area contributed by atoms with Gasteiger partial charge in [-0.05, 0) is 22.9 Å². The van der Waals surface area contributed by atoms with Gasteiger partial charge in [-0.1, -0.05) is 0 Å². The van der Waals surface area contributed by atoms with Crippen LogP contribution in [0, 0.1) is 6.07 Å². The van der Waals surface area contributed by atoms with Crippen LogP contribution in [-0.4, -0.2) is 16.6 Å². The van der Waals surface area contributed by atoms with Crippen LogP contribution in [0.5, 0.6) is 6.01 Å². The van der Waals surface area contributed by atoms with Crippen LogP contribution in [0.15, 0.2) is 10.8 Å². The highest BCUT2D eigenvalue weighted by Gasteiger charge is 1.94. The van der Waals surface area contributed by atoms with Crippen molar-refractivity contribution in [2.45, 2.75) is 6.92 Å². The molecular formula is C6H6BrN2O. The van der Waals surface area contributed by atoms with E-state index < -0.39 is 0 Å². The summed E-state index contributed by atoms with van der Waals surface area (Å²) in [5.74, 6) is 0. The number of aromatic nitrogens is 2. The highest BCUT2D eigenvalue weighted by Crippen LogP contribution is 2.07. The van der Waals surface area contributed by atoms with Crippen molar-refractivity contribution in [3.63, 3.8) is 0 Å². The standard InChI is InChI=1S/C6H6BrN2O/c1-2-10-6-8-4-3-5(7)9-6/h4H,2H2,1H3. The molecule has 0 saturated carbocycles. The predicted molar refractivity (Wildman–Crippen MR) is 39.7 cm³/mol. The Balaban J connectivity index is 2.75. The summed E-state index contributed by atoms with van der Waals surface area (Å²) in [6.45, 7) is 2.46. The SMILES string of the molecule is CCOc1nc[c]c(Br)n1. The van der Waals surface area contributed by atoms with Crippen LogP contribution < -0.4 is 4.74 Å². The van der Waals surface area contributed by atoms with Gasteiger partial charge in [-0.3, -0.25) is 0 Å². The molecule has 10 heavy (non-hydrogen) atoms. The van der Waals surface area contributed by atoms with E-state index in [1.54, 1.807) is 0 Å². The fourth-order valence-corrected chi connectivity index (χ4v) is 0.739. The second-order valence-electron chi connectivity index (χ2n) is 1.52. The average Bonchev–Trinajstić information content (AvgIpc) is 1.88. The first-order chi connectivity index (χ1) is 4.83. The minimum atomic E-state index is 0.383. The van der Waals surface area contributed by atoms with E-state index in [-0.39, 0.29) is 0 Å². The summed E-state index contributed by atoms with van der Waals surface area (Å²) in [5.41, 5.74) is 0. The molecule has 0 N–H and O–H groups in total. The molecule has 0 unspecified atom stereocenters. The summed E-state index contributed by atoms with van der Waals surface area (Å²) in [4.78, 5) is 7.70. The van der Waals surface area contributed by atoms with Crippen molar-refractivity contribution in [2.24, 2.45) is 0 Å². The molecule has 53 valence electrons. The zero-order chi connectivity index (χ0) is 7.40. The van der Waals surface area contributed by atoms with Crippen LogP contribution in [0.4, 0.5) is 0 Å². The Morgan fingerprint density at radius 1 is 1.80 bits per heavy atom. The molecule has 0 aliphatic rings. The van der Waals surface area contributed by atoms with Crippen LogP contribution in [0.2, 0.25) is 0 Å². The lowest BCUT2D eigenvalue weighted by Crippen LogP contribution is -1.96. The lowest BCUT2D eigenvalue weighted by Gasteiger charge is -1.97. The van der Waals surface area contributed by atoms with Crippen LogP contribution in [0.25, 0.3) is 0 Å². The van der Waals surface area contributed by atoms with E-state index in [1.165, 1.54) is 6.20 Å². The third-order valence-electron chi connectivity index (χ3n) is 0.826. The molecule has 3 nitrogen and oxygen atoms in total. The van der Waals surface area contributed by atoms with Crippen molar-refractivity contribution in [3.8, 4) is 6.01 Å². The van der Waals surface area contributed by atoms with Crippen molar-refractivity contribution < 1.29 is 4.74 Å². The van der Waals surface area contributed by atoms with Gasteiger partial charge in [0.05, 0.1) is 6.61 Å². The summed E-state index contributed by atoms with van der Waals surface area (Å²) < 4.78 is 5.63. The molecule has 0 aliphatic heterocycles. The van der Waals surface area contributed by atoms with Crippen molar-refractivity contribution in [1.82, 2.24) is 9.97 Å². The van der Waals surface area contributed by atoms with E-state index >= 15 is 0 Å². The first kappa shape index (κ1) is 7.47. The van der Waals surface area contributed by atoms with Crippen molar-refractivity contribution in [1.29, 1.82) is 0 Å². The first-order valence-electron chi connectivity index (χ1n) is 2.86. The van der Waals surface area contributed by atoms with Gasteiger partial charge >= 0.3 is 6.01 Å². The molecule has 0 amide bonds. The van der Waals surface area contributed by atoms with E-state index in [0.29, 0.717) is 17.2 Å². The van der Waals surface area contributed by atoms with Crippen molar-refractivity contribution in [3.05, 3.63) is 16.9 Å². The number of hydrogen-bond donors (Lipinski definition) is 0. The maximum atomic E-state index is 5.01.